The van der Waals surface area contributed by atoms with Gasteiger partial charge in [-0.2, -0.15) is 8.42 Å². The summed E-state index contributed by atoms with van der Waals surface area (Å²) in [6.07, 6.45) is 4.44. The quantitative estimate of drug-likeness (QED) is 0.373. The van der Waals surface area contributed by atoms with Gasteiger partial charge in [0.1, 0.15) is 5.75 Å². The monoisotopic (exact) mass is 655 g/mol. The van der Waals surface area contributed by atoms with Crippen molar-refractivity contribution in [1.82, 2.24) is 19.4 Å². The summed E-state index contributed by atoms with van der Waals surface area (Å²) < 4.78 is 42.7. The maximum absolute atomic E-state index is 14.3. The Balaban J connectivity index is 1.66. The molecule has 250 valence electrons. The molecule has 1 aromatic heterocycles. The number of hydrogen-bond donors (Lipinski definition) is 2. The number of nitrogens with zero attached hydrogens (tertiary/aromatic N) is 4. The van der Waals surface area contributed by atoms with E-state index in [1.54, 1.807) is 55.1 Å². The number of aliphatic hydroxyl groups excluding tert-OH is 1. The molecule has 12 nitrogen and oxygen atoms in total. The van der Waals surface area contributed by atoms with Crippen LogP contribution in [0.15, 0.2) is 66.1 Å². The van der Waals surface area contributed by atoms with Crippen LogP contribution in [-0.2, 0) is 21.8 Å². The van der Waals surface area contributed by atoms with Crippen molar-refractivity contribution in [2.75, 3.05) is 38.1 Å². The molecular weight excluding hydrogens is 610 g/mol. The minimum Gasteiger partial charge on any atom is -0.490 e. The van der Waals surface area contributed by atoms with E-state index >= 15 is 0 Å². The molecule has 0 bridgehead atoms. The molecule has 0 saturated heterocycles. The molecule has 3 aromatic rings. The highest BCUT2D eigenvalue weighted by Gasteiger charge is 2.31. The van der Waals surface area contributed by atoms with Crippen molar-refractivity contribution in [2.24, 2.45) is 13.0 Å². The Kier molecular flexibility index (Phi) is 11.8. The summed E-state index contributed by atoms with van der Waals surface area (Å²) in [7, 11) is -0.618. The summed E-state index contributed by atoms with van der Waals surface area (Å²) in [4.78, 5) is 34.6. The molecule has 1 aliphatic rings. The number of aromatic nitrogens is 2. The number of aryl methyl sites for hydroxylation is 1. The van der Waals surface area contributed by atoms with E-state index in [0.29, 0.717) is 30.9 Å². The van der Waals surface area contributed by atoms with Crippen LogP contribution >= 0.6 is 0 Å². The van der Waals surface area contributed by atoms with Crippen LogP contribution in [0.3, 0.4) is 0 Å². The zero-order chi connectivity index (χ0) is 33.4. The van der Waals surface area contributed by atoms with Gasteiger partial charge in [0.05, 0.1) is 36.7 Å². The number of sulfonamides is 1. The summed E-state index contributed by atoms with van der Waals surface area (Å²) in [6, 6.07) is 13.1. The fourth-order valence-corrected chi connectivity index (χ4v) is 6.37. The molecule has 2 N–H and O–H groups in total. The highest BCUT2D eigenvalue weighted by atomic mass is 32.2. The molecule has 4 atom stereocenters. The molecule has 4 rings (SSSR count). The molecule has 0 aliphatic carbocycles. The average Bonchev–Trinajstić information content (AvgIpc) is 3.49. The first-order chi connectivity index (χ1) is 21.9. The number of nitrogens with one attached hydrogen (secondary N) is 1. The van der Waals surface area contributed by atoms with Crippen molar-refractivity contribution in [3.8, 4) is 5.75 Å². The number of amides is 2. The van der Waals surface area contributed by atoms with E-state index in [9.17, 15) is 23.1 Å². The van der Waals surface area contributed by atoms with Gasteiger partial charge in [0.2, 0.25) is 0 Å². The molecule has 1 aliphatic heterocycles. The highest BCUT2D eigenvalue weighted by molar-refractivity contribution is 7.92. The molecule has 2 heterocycles. The number of ether oxygens (including phenoxy) is 2. The maximum atomic E-state index is 14.3. The fourth-order valence-electron chi connectivity index (χ4n) is 5.34. The number of benzene rings is 2. The van der Waals surface area contributed by atoms with Crippen LogP contribution in [0.2, 0.25) is 0 Å². The van der Waals surface area contributed by atoms with Crippen molar-refractivity contribution in [3.63, 3.8) is 0 Å². The summed E-state index contributed by atoms with van der Waals surface area (Å²) in [5, 5.41) is 10.0. The zero-order valence-electron chi connectivity index (χ0n) is 27.1. The number of hydrogen-bond acceptors (Lipinski definition) is 8. The Morgan fingerprint density at radius 1 is 1.17 bits per heavy atom. The van der Waals surface area contributed by atoms with E-state index in [0.717, 1.165) is 12.8 Å². The number of fused-ring (bicyclic) bond motifs is 1. The second-order valence-corrected chi connectivity index (χ2v) is 13.7. The topological polar surface area (TPSA) is 143 Å². The first kappa shape index (κ1) is 34.9. The third-order valence-corrected chi connectivity index (χ3v) is 9.35. The summed E-state index contributed by atoms with van der Waals surface area (Å²) >= 11 is 0. The van der Waals surface area contributed by atoms with E-state index in [1.807, 2.05) is 32.0 Å². The van der Waals surface area contributed by atoms with Crippen molar-refractivity contribution >= 4 is 27.5 Å². The minimum absolute atomic E-state index is 0.131. The SMILES string of the molecule is C[C@@H]1CCCCO[C@H](CN(C)C(=O)c2ccccc2)[C@@H](C)CN([C@H](C)CO)C(=O)c2cc(NS(=O)(=O)c3cn(C)cn3)ccc2O1. The molecule has 2 aromatic carbocycles. The molecule has 0 fully saturated rings. The third kappa shape index (κ3) is 8.86. The van der Waals surface area contributed by atoms with Gasteiger partial charge in [-0.1, -0.05) is 25.1 Å². The van der Waals surface area contributed by atoms with Crippen LogP contribution in [0, 0.1) is 5.92 Å². The molecule has 0 unspecified atom stereocenters. The lowest BCUT2D eigenvalue weighted by Crippen LogP contribution is -2.48. The van der Waals surface area contributed by atoms with E-state index in [2.05, 4.69) is 9.71 Å². The van der Waals surface area contributed by atoms with E-state index in [-0.39, 0.29) is 47.4 Å². The second-order valence-electron chi connectivity index (χ2n) is 12.0. The van der Waals surface area contributed by atoms with Gasteiger partial charge in [-0.3, -0.25) is 14.3 Å². The number of likely N-dealkylation sites (N-methyl/N-ethyl adjacent to an activating group) is 1. The number of anilines is 1. The van der Waals surface area contributed by atoms with Crippen molar-refractivity contribution in [1.29, 1.82) is 0 Å². The molecule has 46 heavy (non-hydrogen) atoms. The van der Waals surface area contributed by atoms with Gasteiger partial charge in [-0.15, -0.1) is 0 Å². The average molecular weight is 656 g/mol. The van der Waals surface area contributed by atoms with Crippen LogP contribution in [0.25, 0.3) is 0 Å². The van der Waals surface area contributed by atoms with E-state index in [1.165, 1.54) is 23.2 Å². The fraction of sp³-hybridized carbons (Fsp3) is 0.485. The smallest absolute Gasteiger partial charge is 0.280 e. The molecule has 2 amide bonds. The molecule has 13 heteroatoms. The first-order valence-corrected chi connectivity index (χ1v) is 17.0. The van der Waals surface area contributed by atoms with Crippen LogP contribution in [0.4, 0.5) is 5.69 Å². The Morgan fingerprint density at radius 3 is 2.59 bits per heavy atom. The number of aliphatic hydroxyl groups is 1. The van der Waals surface area contributed by atoms with Gasteiger partial charge in [0, 0.05) is 57.2 Å². The van der Waals surface area contributed by atoms with Gasteiger partial charge < -0.3 is 28.9 Å². The van der Waals surface area contributed by atoms with Crippen molar-refractivity contribution in [2.45, 2.75) is 63.3 Å². The maximum Gasteiger partial charge on any atom is 0.280 e. The van der Waals surface area contributed by atoms with Gasteiger partial charge in [-0.05, 0) is 63.4 Å². The van der Waals surface area contributed by atoms with Gasteiger partial charge in [0.25, 0.3) is 21.8 Å². The summed E-state index contributed by atoms with van der Waals surface area (Å²) in [5.74, 6) is -0.479. The van der Waals surface area contributed by atoms with Crippen LogP contribution < -0.4 is 9.46 Å². The van der Waals surface area contributed by atoms with Crippen LogP contribution in [0.5, 0.6) is 5.75 Å². The Morgan fingerprint density at radius 2 is 1.91 bits per heavy atom. The minimum atomic E-state index is -4.02. The Bertz CT molecular complexity index is 1580. The number of carbonyl (C=O) groups is 2. The molecule has 0 spiro atoms. The lowest BCUT2D eigenvalue weighted by Gasteiger charge is -2.36. The van der Waals surface area contributed by atoms with Crippen molar-refractivity contribution in [3.05, 3.63) is 72.2 Å². The number of carbonyl (C=O) groups excluding carboxylic acids is 2. The Labute approximate surface area is 271 Å². The third-order valence-electron chi connectivity index (χ3n) is 8.08. The Hall–Kier alpha value is -3.94. The van der Waals surface area contributed by atoms with Gasteiger partial charge >= 0.3 is 0 Å². The predicted molar refractivity (Wildman–Crippen MR) is 174 cm³/mol. The zero-order valence-corrected chi connectivity index (χ0v) is 27.9. The standard InChI is InChI=1S/C33H45N5O7S/c1-23-18-38(24(2)21-39)33(41)28-17-27(35-46(42,43)31-20-36(4)22-34-31)14-15-29(28)45-25(3)11-9-10-16-44-30(23)19-37(5)32(40)26-12-7-6-8-13-26/h6-8,12-15,17,20,22-25,30,35,39H,9-11,16,18-19,21H2,1-5H3/t23-,24+,25+,30+/m0/s1. The van der Waals surface area contributed by atoms with Crippen molar-refractivity contribution < 1.29 is 32.6 Å². The summed E-state index contributed by atoms with van der Waals surface area (Å²) in [5.41, 5.74) is 0.901. The molecule has 0 saturated carbocycles. The van der Waals surface area contributed by atoms with Gasteiger partial charge in [0.15, 0.2) is 5.03 Å². The molecule has 0 radical (unpaired) electrons. The number of rotatable bonds is 8. The largest absolute Gasteiger partial charge is 0.490 e. The van der Waals surface area contributed by atoms with E-state index in [4.69, 9.17) is 9.47 Å². The lowest BCUT2D eigenvalue weighted by atomic mass is 10.0. The molecular formula is C33H45N5O7S. The lowest BCUT2D eigenvalue weighted by molar-refractivity contribution is -0.0149. The van der Waals surface area contributed by atoms with E-state index < -0.39 is 28.1 Å². The van der Waals surface area contributed by atoms with Gasteiger partial charge in [-0.25, -0.2) is 4.98 Å². The normalized spacial score (nSPS) is 20.6. The summed E-state index contributed by atoms with van der Waals surface area (Å²) in [6.45, 7) is 6.31. The number of imidazole rings is 1. The van der Waals surface area contributed by atoms with Crippen LogP contribution in [-0.4, -0.2) is 96.3 Å². The second kappa shape index (κ2) is 15.6. The predicted octanol–water partition coefficient (Wildman–Crippen LogP) is 3.79. The van der Waals surface area contributed by atoms with Crippen LogP contribution in [0.1, 0.15) is 60.7 Å². The first-order valence-electron chi connectivity index (χ1n) is 15.5. The highest BCUT2D eigenvalue weighted by Crippen LogP contribution is 2.29.